The van der Waals surface area contributed by atoms with Crippen LogP contribution in [0.5, 0.6) is 0 Å². The second-order valence-electron chi connectivity index (χ2n) is 7.89. The van der Waals surface area contributed by atoms with Gasteiger partial charge >= 0.3 is 0 Å². The Hall–Kier alpha value is -3.48. The van der Waals surface area contributed by atoms with E-state index in [-0.39, 0.29) is 6.04 Å². The summed E-state index contributed by atoms with van der Waals surface area (Å²) in [6, 6.07) is 25.5. The van der Waals surface area contributed by atoms with Crippen molar-refractivity contribution in [3.05, 3.63) is 107 Å². The van der Waals surface area contributed by atoms with Gasteiger partial charge in [-0.1, -0.05) is 76.9 Å². The van der Waals surface area contributed by atoms with Gasteiger partial charge in [-0.3, -0.25) is 4.90 Å². The van der Waals surface area contributed by atoms with E-state index in [2.05, 4.69) is 10.5 Å². The van der Waals surface area contributed by atoms with Crippen LogP contribution < -0.4 is 10.2 Å². The van der Waals surface area contributed by atoms with Crippen LogP contribution in [0.25, 0.3) is 17.0 Å². The summed E-state index contributed by atoms with van der Waals surface area (Å²) in [6.07, 6.45) is 0. The van der Waals surface area contributed by atoms with E-state index in [9.17, 15) is 0 Å². The summed E-state index contributed by atoms with van der Waals surface area (Å²) >= 11 is 11.9. The average Bonchev–Trinajstić information content (AvgIpc) is 3.30. The van der Waals surface area contributed by atoms with Gasteiger partial charge in [-0.05, 0) is 55.9 Å². The number of nitrogens with zero attached hydrogens (tertiary/aromatic N) is 3. The van der Waals surface area contributed by atoms with Crippen LogP contribution in [0.3, 0.4) is 0 Å². The number of allylic oxidation sites excluding steroid dienone is 1. The number of hydrogen-bond acceptors (Lipinski definition) is 4. The van der Waals surface area contributed by atoms with Gasteiger partial charge < -0.3 is 9.84 Å². The van der Waals surface area contributed by atoms with Crippen LogP contribution in [0.15, 0.2) is 89.1 Å². The lowest BCUT2D eigenvalue weighted by Gasteiger charge is -2.37. The lowest BCUT2D eigenvalue weighted by molar-refractivity contribution is 0.404. The second kappa shape index (κ2) is 8.81. The number of para-hydroxylation sites is 1. The molecule has 0 bridgehead atoms. The van der Waals surface area contributed by atoms with Gasteiger partial charge in [-0.25, -0.2) is 0 Å². The third-order valence-corrected chi connectivity index (χ3v) is 6.22. The van der Waals surface area contributed by atoms with Crippen LogP contribution in [0.1, 0.15) is 30.0 Å². The molecule has 1 atom stereocenters. The highest BCUT2D eigenvalue weighted by Crippen LogP contribution is 2.39. The quantitative estimate of drug-likeness (QED) is 0.339. The van der Waals surface area contributed by atoms with Crippen LogP contribution in [0.2, 0.25) is 5.02 Å². The predicted molar refractivity (Wildman–Crippen MR) is 136 cm³/mol. The van der Waals surface area contributed by atoms with Crippen LogP contribution >= 0.6 is 23.8 Å². The summed E-state index contributed by atoms with van der Waals surface area (Å²) in [5.74, 6) is 0.985. The van der Waals surface area contributed by atoms with E-state index in [1.807, 2.05) is 97.6 Å². The molecule has 1 aliphatic rings. The zero-order valence-corrected chi connectivity index (χ0v) is 19.7. The summed E-state index contributed by atoms with van der Waals surface area (Å²) in [7, 11) is 0. The molecule has 5 nitrogen and oxygen atoms in total. The fourth-order valence-corrected chi connectivity index (χ4v) is 4.45. The molecule has 5 rings (SSSR count). The number of halogens is 1. The van der Waals surface area contributed by atoms with Crippen LogP contribution in [-0.2, 0) is 0 Å². The molecular weight excluding hydrogens is 452 g/mol. The Balaban J connectivity index is 1.64. The number of benzene rings is 3. The molecular formula is C26H21ClN4OS. The van der Waals surface area contributed by atoms with Gasteiger partial charge in [0.05, 0.1) is 11.6 Å². The third-order valence-electron chi connectivity index (χ3n) is 5.67. The molecule has 0 radical (unpaired) electrons. The van der Waals surface area contributed by atoms with E-state index in [4.69, 9.17) is 33.3 Å². The van der Waals surface area contributed by atoms with E-state index in [0.717, 1.165) is 28.1 Å². The van der Waals surface area contributed by atoms with E-state index in [1.165, 1.54) is 5.56 Å². The lowest BCUT2D eigenvalue weighted by Crippen LogP contribution is -2.46. The fourth-order valence-electron chi connectivity index (χ4n) is 3.97. The Bertz CT molecular complexity index is 1330. The van der Waals surface area contributed by atoms with Crippen molar-refractivity contribution in [3.63, 3.8) is 0 Å². The van der Waals surface area contributed by atoms with Gasteiger partial charge in [0.1, 0.15) is 0 Å². The first-order valence-electron chi connectivity index (χ1n) is 10.5. The smallest absolute Gasteiger partial charge is 0.258 e. The summed E-state index contributed by atoms with van der Waals surface area (Å²) < 4.78 is 5.80. The molecule has 0 saturated heterocycles. The maximum Gasteiger partial charge on any atom is 0.258 e. The molecule has 4 aromatic rings. The van der Waals surface area contributed by atoms with Crippen molar-refractivity contribution in [1.82, 2.24) is 15.5 Å². The van der Waals surface area contributed by atoms with Crippen LogP contribution in [-0.4, -0.2) is 15.3 Å². The number of nitrogens with one attached hydrogen (secondary N) is 1. The zero-order chi connectivity index (χ0) is 22.9. The van der Waals surface area contributed by atoms with Gasteiger partial charge in [0.15, 0.2) is 5.11 Å². The number of aryl methyl sites for hydroxylation is 1. The first kappa shape index (κ1) is 21.4. The van der Waals surface area contributed by atoms with Gasteiger partial charge in [0, 0.05) is 22.0 Å². The third kappa shape index (κ3) is 4.15. The normalized spacial score (nSPS) is 16.2. The molecule has 0 aliphatic carbocycles. The summed E-state index contributed by atoms with van der Waals surface area (Å²) in [5.41, 5.74) is 5.81. The minimum absolute atomic E-state index is 0.263. The zero-order valence-electron chi connectivity index (χ0n) is 18.1. The average molecular weight is 473 g/mol. The molecule has 2 heterocycles. The lowest BCUT2D eigenvalue weighted by atomic mass is 9.94. The molecule has 3 aromatic carbocycles. The number of anilines is 1. The van der Waals surface area contributed by atoms with E-state index in [0.29, 0.717) is 21.9 Å². The molecule has 164 valence electrons. The van der Waals surface area contributed by atoms with Gasteiger partial charge in [-0.15, -0.1) is 0 Å². The highest BCUT2D eigenvalue weighted by atomic mass is 35.5. The van der Waals surface area contributed by atoms with Crippen molar-refractivity contribution in [3.8, 4) is 11.4 Å². The van der Waals surface area contributed by atoms with Gasteiger partial charge in [-0.2, -0.15) is 4.98 Å². The molecule has 0 spiro atoms. The first-order chi connectivity index (χ1) is 16.0. The van der Waals surface area contributed by atoms with Crippen molar-refractivity contribution in [2.75, 3.05) is 4.90 Å². The Kier molecular flexibility index (Phi) is 5.70. The summed E-state index contributed by atoms with van der Waals surface area (Å²) in [5, 5.41) is 9.00. The largest absolute Gasteiger partial charge is 0.351 e. The molecule has 0 saturated carbocycles. The predicted octanol–water partition coefficient (Wildman–Crippen LogP) is 6.57. The number of thiocarbonyl (C=S) groups is 1. The number of rotatable bonds is 4. The fraction of sp³-hybridized carbons (Fsp3) is 0.115. The maximum absolute atomic E-state index is 6.14. The summed E-state index contributed by atoms with van der Waals surface area (Å²) in [6.45, 7) is 4.07. The highest BCUT2D eigenvalue weighted by molar-refractivity contribution is 7.80. The molecule has 0 fully saturated rings. The molecule has 0 amide bonds. The minimum atomic E-state index is -0.263. The van der Waals surface area contributed by atoms with Gasteiger partial charge in [0.2, 0.25) is 5.82 Å². The Labute approximate surface area is 202 Å². The second-order valence-corrected chi connectivity index (χ2v) is 8.72. The Morgan fingerprint density at radius 1 is 0.939 bits per heavy atom. The molecule has 7 heteroatoms. The maximum atomic E-state index is 6.14. The molecule has 1 aromatic heterocycles. The van der Waals surface area contributed by atoms with Crippen molar-refractivity contribution < 1.29 is 4.52 Å². The number of hydrogen-bond donors (Lipinski definition) is 1. The SMILES string of the molecule is CC1=C(c2nc(-c3ccc(C)cc3)no2)C(c2ccc(Cl)cc2)NC(=S)N1c1ccccc1. The first-order valence-corrected chi connectivity index (χ1v) is 11.3. The van der Waals surface area contributed by atoms with Crippen molar-refractivity contribution in [1.29, 1.82) is 0 Å². The molecule has 1 N–H and O–H groups in total. The van der Waals surface area contributed by atoms with Crippen molar-refractivity contribution >= 4 is 40.2 Å². The molecule has 33 heavy (non-hydrogen) atoms. The Morgan fingerprint density at radius 3 is 2.33 bits per heavy atom. The van der Waals surface area contributed by atoms with E-state index >= 15 is 0 Å². The minimum Gasteiger partial charge on any atom is -0.351 e. The molecule has 1 unspecified atom stereocenters. The Morgan fingerprint density at radius 2 is 1.64 bits per heavy atom. The van der Waals surface area contributed by atoms with Crippen molar-refractivity contribution in [2.45, 2.75) is 19.9 Å². The van der Waals surface area contributed by atoms with Crippen molar-refractivity contribution in [2.24, 2.45) is 0 Å². The summed E-state index contributed by atoms with van der Waals surface area (Å²) in [4.78, 5) is 6.75. The standard InChI is InChI=1S/C26H21ClN4OS/c1-16-8-10-19(11-9-16)24-29-25(32-30-24)22-17(2)31(21-6-4-3-5-7-21)26(33)28-23(22)18-12-14-20(27)15-13-18/h3-15,23H,1-2H3,(H,28,33). The van der Waals surface area contributed by atoms with E-state index < -0.39 is 0 Å². The molecule has 1 aliphatic heterocycles. The number of aromatic nitrogens is 2. The topological polar surface area (TPSA) is 54.2 Å². The van der Waals surface area contributed by atoms with Crippen LogP contribution in [0, 0.1) is 6.92 Å². The monoisotopic (exact) mass is 472 g/mol. The van der Waals surface area contributed by atoms with Gasteiger partial charge in [0.25, 0.3) is 5.89 Å². The highest BCUT2D eigenvalue weighted by Gasteiger charge is 2.34. The van der Waals surface area contributed by atoms with Crippen LogP contribution in [0.4, 0.5) is 5.69 Å². The van der Waals surface area contributed by atoms with E-state index in [1.54, 1.807) is 0 Å².